The number of fused-ring (bicyclic) bond motifs is 9. The highest BCUT2D eigenvalue weighted by Crippen LogP contribution is 2.59. The predicted octanol–water partition coefficient (Wildman–Crippen LogP) is 16.4. The third-order valence-electron chi connectivity index (χ3n) is 15.0. The van der Waals surface area contributed by atoms with Gasteiger partial charge in [-0.1, -0.05) is 203 Å². The summed E-state index contributed by atoms with van der Waals surface area (Å²) in [6.45, 7) is 14.0. The van der Waals surface area contributed by atoms with E-state index in [0.29, 0.717) is 0 Å². The fraction of sp³-hybridized carbons (Fsp3) is 0.143. The molecule has 3 aliphatic carbocycles. The third-order valence-corrected chi connectivity index (χ3v) is 15.0. The van der Waals surface area contributed by atoms with Crippen LogP contribution in [0.1, 0.15) is 83.3 Å². The van der Waals surface area contributed by atoms with E-state index in [-0.39, 0.29) is 10.8 Å². The SMILES string of the molecule is Cc1ccc2c(c1)C(c1ccccc1)(c1ccccc1)c1cc(C)cc(-c3ccc(N(c4ccc5c(c4)C(C)(C)c4ccccc4-5)c4ccc5c(c4)C(C)(C)c4ccccc4-5)cc3)c1-2. The van der Waals surface area contributed by atoms with E-state index in [1.54, 1.807) is 0 Å². The van der Waals surface area contributed by atoms with E-state index in [9.17, 15) is 0 Å². The summed E-state index contributed by atoms with van der Waals surface area (Å²) >= 11 is 0. The fourth-order valence-corrected chi connectivity index (χ4v) is 12.0. The molecule has 0 saturated carbocycles. The summed E-state index contributed by atoms with van der Waals surface area (Å²) in [7, 11) is 0. The van der Waals surface area contributed by atoms with E-state index >= 15 is 0 Å². The van der Waals surface area contributed by atoms with Crippen LogP contribution >= 0.6 is 0 Å². The number of hydrogen-bond acceptors (Lipinski definition) is 1. The molecule has 0 spiro atoms. The fourth-order valence-electron chi connectivity index (χ4n) is 12.0. The van der Waals surface area contributed by atoms with Crippen molar-refractivity contribution in [1.82, 2.24) is 0 Å². The second-order valence-corrected chi connectivity index (χ2v) is 19.4. The molecule has 9 aromatic rings. The quantitative estimate of drug-likeness (QED) is 0.161. The van der Waals surface area contributed by atoms with Crippen molar-refractivity contribution in [3.63, 3.8) is 0 Å². The Hall–Kier alpha value is -7.22. The Morgan fingerprint density at radius 3 is 1.31 bits per heavy atom. The summed E-state index contributed by atoms with van der Waals surface area (Å²) in [6, 6.07) is 75.8. The number of aryl methyl sites for hydroxylation is 2. The molecule has 0 atom stereocenters. The summed E-state index contributed by atoms with van der Waals surface area (Å²) in [5.41, 5.74) is 26.5. The van der Waals surface area contributed by atoms with Gasteiger partial charge in [0.05, 0.1) is 5.41 Å². The molecule has 0 heterocycles. The average Bonchev–Trinajstić information content (AvgIpc) is 3.83. The first-order chi connectivity index (χ1) is 31.1. The zero-order valence-corrected chi connectivity index (χ0v) is 37.5. The van der Waals surface area contributed by atoms with E-state index in [4.69, 9.17) is 0 Å². The monoisotopic (exact) mass is 821 g/mol. The summed E-state index contributed by atoms with van der Waals surface area (Å²) < 4.78 is 0. The van der Waals surface area contributed by atoms with E-state index in [1.807, 2.05) is 0 Å². The van der Waals surface area contributed by atoms with Gasteiger partial charge in [0, 0.05) is 27.9 Å². The molecule has 0 unspecified atom stereocenters. The van der Waals surface area contributed by atoms with Gasteiger partial charge in [-0.15, -0.1) is 0 Å². The van der Waals surface area contributed by atoms with Crippen molar-refractivity contribution in [1.29, 1.82) is 0 Å². The van der Waals surface area contributed by atoms with Crippen LogP contribution in [0.25, 0.3) is 44.5 Å². The molecule has 1 nitrogen and oxygen atoms in total. The second-order valence-electron chi connectivity index (χ2n) is 19.4. The van der Waals surface area contributed by atoms with Crippen molar-refractivity contribution < 1.29 is 0 Å². The van der Waals surface area contributed by atoms with Crippen LogP contribution in [0.15, 0.2) is 200 Å². The van der Waals surface area contributed by atoms with Gasteiger partial charge in [-0.25, -0.2) is 0 Å². The topological polar surface area (TPSA) is 3.24 Å². The van der Waals surface area contributed by atoms with Crippen molar-refractivity contribution >= 4 is 17.1 Å². The highest BCUT2D eigenvalue weighted by Gasteiger charge is 2.47. The Labute approximate surface area is 378 Å². The number of benzene rings is 9. The number of anilines is 3. The van der Waals surface area contributed by atoms with Crippen LogP contribution in [0.5, 0.6) is 0 Å². The number of hydrogen-bond donors (Lipinski definition) is 0. The molecular weight excluding hydrogens is 771 g/mol. The van der Waals surface area contributed by atoms with Gasteiger partial charge in [-0.2, -0.15) is 0 Å². The molecule has 64 heavy (non-hydrogen) atoms. The van der Waals surface area contributed by atoms with Gasteiger partial charge in [-0.3, -0.25) is 0 Å². The summed E-state index contributed by atoms with van der Waals surface area (Å²) in [5, 5.41) is 0. The molecule has 0 saturated heterocycles. The molecule has 0 amide bonds. The molecular formula is C63H51N. The normalized spacial score (nSPS) is 15.1. The molecule has 12 rings (SSSR count). The Bertz CT molecular complexity index is 3180. The first-order valence-electron chi connectivity index (χ1n) is 22.8. The van der Waals surface area contributed by atoms with Gasteiger partial charge in [0.15, 0.2) is 0 Å². The average molecular weight is 822 g/mol. The summed E-state index contributed by atoms with van der Waals surface area (Å²) in [5.74, 6) is 0. The van der Waals surface area contributed by atoms with Crippen LogP contribution in [-0.4, -0.2) is 0 Å². The minimum absolute atomic E-state index is 0.117. The molecule has 308 valence electrons. The Morgan fingerprint density at radius 2 is 0.766 bits per heavy atom. The molecule has 3 aliphatic rings. The van der Waals surface area contributed by atoms with Crippen LogP contribution in [0.3, 0.4) is 0 Å². The third kappa shape index (κ3) is 5.37. The largest absolute Gasteiger partial charge is 0.310 e. The van der Waals surface area contributed by atoms with Crippen LogP contribution in [0, 0.1) is 13.8 Å². The van der Waals surface area contributed by atoms with Crippen LogP contribution in [-0.2, 0) is 16.2 Å². The lowest BCUT2D eigenvalue weighted by Crippen LogP contribution is -2.28. The maximum Gasteiger partial charge on any atom is 0.0713 e. The van der Waals surface area contributed by atoms with Gasteiger partial charge >= 0.3 is 0 Å². The van der Waals surface area contributed by atoms with Crippen molar-refractivity contribution in [2.45, 2.75) is 57.8 Å². The van der Waals surface area contributed by atoms with Crippen molar-refractivity contribution in [3.8, 4) is 44.5 Å². The minimum Gasteiger partial charge on any atom is -0.310 e. The van der Waals surface area contributed by atoms with Gasteiger partial charge in [0.1, 0.15) is 0 Å². The Kier molecular flexibility index (Phi) is 8.35. The van der Waals surface area contributed by atoms with Crippen LogP contribution in [0.2, 0.25) is 0 Å². The van der Waals surface area contributed by atoms with Gasteiger partial charge in [0.25, 0.3) is 0 Å². The molecule has 0 aromatic heterocycles. The first-order valence-corrected chi connectivity index (χ1v) is 22.8. The van der Waals surface area contributed by atoms with E-state index < -0.39 is 5.41 Å². The lowest BCUT2D eigenvalue weighted by Gasteiger charge is -2.34. The van der Waals surface area contributed by atoms with Crippen LogP contribution < -0.4 is 4.90 Å². The Morgan fingerprint density at radius 1 is 0.312 bits per heavy atom. The molecule has 0 radical (unpaired) electrons. The van der Waals surface area contributed by atoms with Gasteiger partial charge in [0.2, 0.25) is 0 Å². The lowest BCUT2D eigenvalue weighted by molar-refractivity contribution is 0.660. The maximum absolute atomic E-state index is 2.48. The molecule has 0 fully saturated rings. The summed E-state index contributed by atoms with van der Waals surface area (Å²) in [4.78, 5) is 2.48. The summed E-state index contributed by atoms with van der Waals surface area (Å²) in [6.07, 6.45) is 0. The molecule has 9 aromatic carbocycles. The zero-order chi connectivity index (χ0) is 43.5. The molecule has 1 heteroatoms. The highest BCUT2D eigenvalue weighted by molar-refractivity contribution is 5.97. The number of nitrogens with zero attached hydrogens (tertiary/aromatic N) is 1. The first kappa shape index (κ1) is 38.5. The predicted molar refractivity (Wildman–Crippen MR) is 268 cm³/mol. The highest BCUT2D eigenvalue weighted by atomic mass is 15.1. The Balaban J connectivity index is 1.04. The van der Waals surface area contributed by atoms with Gasteiger partial charge < -0.3 is 4.90 Å². The van der Waals surface area contributed by atoms with E-state index in [0.717, 1.165) is 17.1 Å². The molecule has 0 bridgehead atoms. The number of rotatable bonds is 6. The minimum atomic E-state index is -0.460. The standard InChI is InChI=1S/C63H51N/c1-40-25-32-52-58(36-40)63(43-17-9-7-10-18-43,44-19-11-8-12-20-44)59-37-41(2)35-53(60(52)59)42-26-28-45(29-27-42)64(46-30-33-50-48-21-13-15-23-54(48)61(3,4)56(50)38-46)47-31-34-51-49-22-14-16-24-55(49)62(5,6)57(51)39-47/h7-39H,1-6H3. The maximum atomic E-state index is 2.48. The van der Waals surface area contributed by atoms with Crippen molar-refractivity contribution in [3.05, 3.63) is 256 Å². The van der Waals surface area contributed by atoms with Crippen molar-refractivity contribution in [2.75, 3.05) is 4.90 Å². The smallest absolute Gasteiger partial charge is 0.0713 e. The van der Waals surface area contributed by atoms with Crippen molar-refractivity contribution in [2.24, 2.45) is 0 Å². The second kappa shape index (κ2) is 13.9. The van der Waals surface area contributed by atoms with E-state index in [2.05, 4.69) is 247 Å². The molecule has 0 aliphatic heterocycles. The van der Waals surface area contributed by atoms with Crippen LogP contribution in [0.4, 0.5) is 17.1 Å². The molecule has 0 N–H and O–H groups in total. The zero-order valence-electron chi connectivity index (χ0n) is 37.5. The van der Waals surface area contributed by atoms with Gasteiger partial charge in [-0.05, 0) is 139 Å². The van der Waals surface area contributed by atoms with E-state index in [1.165, 1.54) is 100 Å². The lowest BCUT2D eigenvalue weighted by atomic mass is 9.67.